The molecule has 0 fully saturated rings. The van der Waals surface area contributed by atoms with E-state index >= 15 is 0 Å². The van der Waals surface area contributed by atoms with E-state index < -0.39 is 5.69 Å². The highest BCUT2D eigenvalue weighted by molar-refractivity contribution is 5.50. The standard InChI is InChI=1S/C8H9N5O3/c1-3-6-5(4-14)7(16-9-6)13-8(15)12(2)10-11-13/h3,14H,1,4H2,2H3. The van der Waals surface area contributed by atoms with Gasteiger partial charge in [-0.25, -0.2) is 4.79 Å². The number of hydrogen-bond acceptors (Lipinski definition) is 6. The molecule has 0 atom stereocenters. The Labute approximate surface area is 89.4 Å². The molecular formula is C8H9N5O3. The van der Waals surface area contributed by atoms with Crippen LogP contribution in [0.1, 0.15) is 11.3 Å². The fourth-order valence-electron chi connectivity index (χ4n) is 1.23. The molecule has 0 radical (unpaired) electrons. The molecule has 0 spiro atoms. The monoisotopic (exact) mass is 223 g/mol. The first-order valence-electron chi connectivity index (χ1n) is 4.40. The molecule has 0 bridgehead atoms. The number of rotatable bonds is 3. The average Bonchev–Trinajstić information content (AvgIpc) is 2.83. The molecule has 8 heteroatoms. The molecule has 0 aliphatic carbocycles. The van der Waals surface area contributed by atoms with Crippen LogP contribution >= 0.6 is 0 Å². The molecule has 16 heavy (non-hydrogen) atoms. The highest BCUT2D eigenvalue weighted by Gasteiger charge is 2.18. The van der Waals surface area contributed by atoms with Crippen LogP contribution in [0.15, 0.2) is 15.9 Å². The molecule has 0 aromatic carbocycles. The number of aryl methyl sites for hydroxylation is 1. The van der Waals surface area contributed by atoms with E-state index in [1.807, 2.05) is 0 Å². The van der Waals surface area contributed by atoms with E-state index in [1.165, 1.54) is 13.1 Å². The van der Waals surface area contributed by atoms with E-state index in [-0.39, 0.29) is 12.5 Å². The maximum absolute atomic E-state index is 11.5. The maximum Gasteiger partial charge on any atom is 0.370 e. The van der Waals surface area contributed by atoms with Crippen molar-refractivity contribution in [2.24, 2.45) is 7.05 Å². The fraction of sp³-hybridized carbons (Fsp3) is 0.250. The molecule has 0 aliphatic rings. The van der Waals surface area contributed by atoms with Gasteiger partial charge in [-0.3, -0.25) is 0 Å². The summed E-state index contributed by atoms with van der Waals surface area (Å²) < 4.78 is 6.88. The van der Waals surface area contributed by atoms with Crippen LogP contribution in [-0.4, -0.2) is 30.1 Å². The Hall–Kier alpha value is -2.22. The van der Waals surface area contributed by atoms with E-state index in [0.717, 1.165) is 9.36 Å². The van der Waals surface area contributed by atoms with E-state index in [4.69, 9.17) is 9.63 Å². The Morgan fingerprint density at radius 3 is 2.81 bits per heavy atom. The van der Waals surface area contributed by atoms with Gasteiger partial charge in [-0.15, -0.1) is 4.68 Å². The van der Waals surface area contributed by atoms with Gasteiger partial charge in [0.25, 0.3) is 5.88 Å². The summed E-state index contributed by atoms with van der Waals surface area (Å²) in [6.45, 7) is 3.18. The van der Waals surface area contributed by atoms with Crippen molar-refractivity contribution in [2.45, 2.75) is 6.61 Å². The zero-order chi connectivity index (χ0) is 11.7. The number of aromatic nitrogens is 5. The third-order valence-corrected chi connectivity index (χ3v) is 2.06. The van der Waals surface area contributed by atoms with Crippen LogP contribution in [0.3, 0.4) is 0 Å². The largest absolute Gasteiger partial charge is 0.391 e. The van der Waals surface area contributed by atoms with Crippen LogP contribution in [0.5, 0.6) is 0 Å². The molecular weight excluding hydrogens is 214 g/mol. The summed E-state index contributed by atoms with van der Waals surface area (Å²) in [5.41, 5.74) is 0.231. The average molecular weight is 223 g/mol. The molecule has 2 rings (SSSR count). The van der Waals surface area contributed by atoms with Crippen LogP contribution in [0.4, 0.5) is 0 Å². The van der Waals surface area contributed by atoms with Crippen molar-refractivity contribution in [3.8, 4) is 5.88 Å². The molecule has 0 unspecified atom stereocenters. The second kappa shape index (κ2) is 3.74. The molecule has 8 nitrogen and oxygen atoms in total. The Morgan fingerprint density at radius 1 is 1.56 bits per heavy atom. The van der Waals surface area contributed by atoms with Crippen LogP contribution in [0, 0.1) is 0 Å². The first-order valence-corrected chi connectivity index (χ1v) is 4.40. The van der Waals surface area contributed by atoms with Crippen LogP contribution in [0.2, 0.25) is 0 Å². The van der Waals surface area contributed by atoms with E-state index in [2.05, 4.69) is 22.2 Å². The third kappa shape index (κ3) is 1.36. The topological polar surface area (TPSA) is 99.0 Å². The lowest BCUT2D eigenvalue weighted by atomic mass is 10.2. The van der Waals surface area contributed by atoms with Gasteiger partial charge in [-0.2, -0.15) is 4.68 Å². The van der Waals surface area contributed by atoms with Gasteiger partial charge in [0, 0.05) is 7.05 Å². The SMILES string of the molecule is C=Cc1noc(-n2nnn(C)c2=O)c1CO. The Bertz CT molecular complexity index is 579. The van der Waals surface area contributed by atoms with Crippen molar-refractivity contribution in [1.82, 2.24) is 24.9 Å². The molecule has 2 aromatic rings. The van der Waals surface area contributed by atoms with Gasteiger partial charge in [0.05, 0.1) is 12.2 Å². The summed E-state index contributed by atoms with van der Waals surface area (Å²) >= 11 is 0. The van der Waals surface area contributed by atoms with Gasteiger partial charge in [0.1, 0.15) is 5.69 Å². The van der Waals surface area contributed by atoms with Gasteiger partial charge in [0.15, 0.2) is 0 Å². The molecule has 2 aromatic heterocycles. The summed E-state index contributed by atoms with van der Waals surface area (Å²) in [5, 5.41) is 19.9. The number of aliphatic hydroxyl groups excluding tert-OH is 1. The second-order valence-electron chi connectivity index (χ2n) is 3.01. The molecule has 1 N–H and O–H groups in total. The van der Waals surface area contributed by atoms with E-state index in [1.54, 1.807) is 0 Å². The van der Waals surface area contributed by atoms with Crippen LogP contribution in [0.25, 0.3) is 12.0 Å². The van der Waals surface area contributed by atoms with Crippen molar-refractivity contribution < 1.29 is 9.63 Å². The lowest BCUT2D eigenvalue weighted by molar-refractivity contribution is 0.278. The Kier molecular flexibility index (Phi) is 2.41. The van der Waals surface area contributed by atoms with E-state index in [0.29, 0.717) is 11.3 Å². The summed E-state index contributed by atoms with van der Waals surface area (Å²) in [6.07, 6.45) is 1.42. The highest BCUT2D eigenvalue weighted by Crippen LogP contribution is 2.17. The second-order valence-corrected chi connectivity index (χ2v) is 3.01. The molecule has 0 amide bonds. The molecule has 0 aliphatic heterocycles. The smallest absolute Gasteiger partial charge is 0.370 e. The third-order valence-electron chi connectivity index (χ3n) is 2.06. The molecule has 84 valence electrons. The van der Waals surface area contributed by atoms with Crippen LogP contribution in [-0.2, 0) is 13.7 Å². The van der Waals surface area contributed by atoms with Gasteiger partial charge >= 0.3 is 5.69 Å². The number of hydrogen-bond donors (Lipinski definition) is 1. The fourth-order valence-corrected chi connectivity index (χ4v) is 1.23. The molecule has 2 heterocycles. The minimum absolute atomic E-state index is 0.0514. The normalized spacial score (nSPS) is 10.6. The summed E-state index contributed by atoms with van der Waals surface area (Å²) in [4.78, 5) is 11.5. The quantitative estimate of drug-likeness (QED) is 0.723. The summed E-state index contributed by atoms with van der Waals surface area (Å²) in [6, 6.07) is 0. The van der Waals surface area contributed by atoms with E-state index in [9.17, 15) is 4.79 Å². The zero-order valence-corrected chi connectivity index (χ0v) is 8.49. The minimum atomic E-state index is -0.485. The zero-order valence-electron chi connectivity index (χ0n) is 8.49. The Balaban J connectivity index is 2.65. The molecule has 0 saturated carbocycles. The first-order chi connectivity index (χ1) is 7.69. The predicted octanol–water partition coefficient (Wildman–Crippen LogP) is -0.911. The van der Waals surface area contributed by atoms with Gasteiger partial charge < -0.3 is 9.63 Å². The van der Waals surface area contributed by atoms with Crippen molar-refractivity contribution in [1.29, 1.82) is 0 Å². The number of tetrazole rings is 1. The van der Waals surface area contributed by atoms with Crippen molar-refractivity contribution in [3.05, 3.63) is 28.3 Å². The minimum Gasteiger partial charge on any atom is -0.391 e. The van der Waals surface area contributed by atoms with Gasteiger partial charge in [0.2, 0.25) is 0 Å². The highest BCUT2D eigenvalue weighted by atomic mass is 16.5. The van der Waals surface area contributed by atoms with Crippen molar-refractivity contribution in [3.63, 3.8) is 0 Å². The summed E-state index contributed by atoms with van der Waals surface area (Å²) in [7, 11) is 1.45. The lowest BCUT2D eigenvalue weighted by Gasteiger charge is -1.94. The number of aliphatic hydroxyl groups is 1. The Morgan fingerprint density at radius 2 is 2.31 bits per heavy atom. The summed E-state index contributed by atoms with van der Waals surface area (Å²) in [5.74, 6) is 0.0514. The predicted molar refractivity (Wildman–Crippen MR) is 52.7 cm³/mol. The molecule has 0 saturated heterocycles. The maximum atomic E-state index is 11.5. The first kappa shape index (κ1) is 10.3. The van der Waals surface area contributed by atoms with Gasteiger partial charge in [-0.1, -0.05) is 11.7 Å². The van der Waals surface area contributed by atoms with Gasteiger partial charge in [-0.05, 0) is 16.5 Å². The lowest BCUT2D eigenvalue weighted by Crippen LogP contribution is -2.22. The van der Waals surface area contributed by atoms with Crippen LogP contribution < -0.4 is 5.69 Å². The van der Waals surface area contributed by atoms with Crippen molar-refractivity contribution >= 4 is 6.08 Å². The van der Waals surface area contributed by atoms with Crippen molar-refractivity contribution in [2.75, 3.05) is 0 Å². The number of nitrogens with zero attached hydrogens (tertiary/aromatic N) is 5.